The maximum absolute atomic E-state index is 5.93. The molecule has 1 aliphatic rings. The van der Waals surface area contributed by atoms with Gasteiger partial charge in [0.25, 0.3) is 0 Å². The van der Waals surface area contributed by atoms with Gasteiger partial charge < -0.3 is 5.73 Å². The Kier molecular flexibility index (Phi) is 1.72. The number of rotatable bonds is 1. The van der Waals surface area contributed by atoms with Crippen LogP contribution in [0.5, 0.6) is 0 Å². The summed E-state index contributed by atoms with van der Waals surface area (Å²) in [6.45, 7) is 1.94. The Bertz CT molecular complexity index is 319. The number of halogens is 1. The Morgan fingerprint density at radius 2 is 2.25 bits per heavy atom. The highest BCUT2D eigenvalue weighted by molar-refractivity contribution is 6.33. The molecule has 1 heterocycles. The molecule has 1 aromatic heterocycles. The van der Waals surface area contributed by atoms with Gasteiger partial charge in [0.2, 0.25) is 0 Å². The van der Waals surface area contributed by atoms with E-state index in [1.54, 1.807) is 0 Å². The molecule has 1 aromatic rings. The average Bonchev–Trinajstić information content (AvgIpc) is 2.79. The first kappa shape index (κ1) is 7.87. The summed E-state index contributed by atoms with van der Waals surface area (Å²) in [5, 5.41) is 0.643. The zero-order chi connectivity index (χ0) is 8.72. The minimum Gasteiger partial charge on any atom is -0.396 e. The smallest absolute Gasteiger partial charge is 0.0725 e. The molecule has 64 valence electrons. The first-order chi connectivity index (χ1) is 5.68. The minimum absolute atomic E-state index is 0.572. The molecule has 1 aliphatic carbocycles. The second-order valence-corrected chi connectivity index (χ2v) is 3.73. The van der Waals surface area contributed by atoms with Crippen LogP contribution in [0.4, 0.5) is 5.69 Å². The van der Waals surface area contributed by atoms with Crippen LogP contribution in [0.15, 0.2) is 6.07 Å². The zero-order valence-corrected chi connectivity index (χ0v) is 7.73. The number of nitrogens with two attached hydrogens (primary N) is 1. The maximum atomic E-state index is 5.93. The summed E-state index contributed by atoms with van der Waals surface area (Å²) in [4.78, 5) is 4.39. The van der Waals surface area contributed by atoms with E-state index >= 15 is 0 Å². The number of aromatic nitrogens is 1. The SMILES string of the molecule is Cc1cc(Cl)c(N)c(C2CC2)n1. The van der Waals surface area contributed by atoms with E-state index in [4.69, 9.17) is 17.3 Å². The molecule has 1 saturated carbocycles. The molecule has 2 nitrogen and oxygen atoms in total. The van der Waals surface area contributed by atoms with Crippen LogP contribution in [0, 0.1) is 6.92 Å². The van der Waals surface area contributed by atoms with Crippen molar-refractivity contribution in [2.75, 3.05) is 5.73 Å². The standard InChI is InChI=1S/C9H11ClN2/c1-5-4-7(10)8(11)9(12-5)6-2-3-6/h4,6H,2-3,11H2,1H3. The van der Waals surface area contributed by atoms with Crippen LogP contribution < -0.4 is 5.73 Å². The number of aryl methyl sites for hydroxylation is 1. The topological polar surface area (TPSA) is 38.9 Å². The Morgan fingerprint density at radius 3 is 2.83 bits per heavy atom. The van der Waals surface area contributed by atoms with Crippen LogP contribution in [0.2, 0.25) is 5.02 Å². The molecular weight excluding hydrogens is 172 g/mol. The summed E-state index contributed by atoms with van der Waals surface area (Å²) >= 11 is 5.93. The van der Waals surface area contributed by atoms with Crippen LogP contribution in [0.3, 0.4) is 0 Å². The van der Waals surface area contributed by atoms with Gasteiger partial charge in [0.05, 0.1) is 16.4 Å². The van der Waals surface area contributed by atoms with Crippen molar-refractivity contribution in [3.8, 4) is 0 Å². The fourth-order valence-electron chi connectivity index (χ4n) is 1.33. The molecule has 0 saturated heterocycles. The molecule has 0 unspecified atom stereocenters. The predicted octanol–water partition coefficient (Wildman–Crippen LogP) is 2.50. The van der Waals surface area contributed by atoms with E-state index < -0.39 is 0 Å². The largest absolute Gasteiger partial charge is 0.396 e. The van der Waals surface area contributed by atoms with Gasteiger partial charge in [-0.25, -0.2) is 0 Å². The average molecular weight is 183 g/mol. The Hall–Kier alpha value is -0.760. The number of anilines is 1. The molecule has 0 amide bonds. The van der Waals surface area contributed by atoms with E-state index in [1.807, 2.05) is 13.0 Å². The van der Waals surface area contributed by atoms with Gasteiger partial charge in [-0.15, -0.1) is 0 Å². The third kappa shape index (κ3) is 1.27. The molecule has 1 fully saturated rings. The maximum Gasteiger partial charge on any atom is 0.0725 e. The molecule has 0 bridgehead atoms. The lowest BCUT2D eigenvalue weighted by Gasteiger charge is -2.05. The lowest BCUT2D eigenvalue weighted by atomic mass is 10.2. The normalized spacial score (nSPS) is 16.5. The summed E-state index contributed by atoms with van der Waals surface area (Å²) in [6, 6.07) is 1.81. The van der Waals surface area contributed by atoms with Crippen LogP contribution in [-0.4, -0.2) is 4.98 Å². The number of nitrogens with zero attached hydrogens (tertiary/aromatic N) is 1. The van der Waals surface area contributed by atoms with Gasteiger partial charge in [-0.2, -0.15) is 0 Å². The van der Waals surface area contributed by atoms with E-state index in [1.165, 1.54) is 12.8 Å². The lowest BCUT2D eigenvalue weighted by Crippen LogP contribution is -1.98. The highest BCUT2D eigenvalue weighted by Crippen LogP contribution is 2.43. The van der Waals surface area contributed by atoms with Crippen molar-refractivity contribution in [1.29, 1.82) is 0 Å². The van der Waals surface area contributed by atoms with Crippen molar-refractivity contribution in [2.45, 2.75) is 25.7 Å². The molecule has 2 N–H and O–H groups in total. The van der Waals surface area contributed by atoms with Gasteiger partial charge in [-0.3, -0.25) is 4.98 Å². The fraction of sp³-hybridized carbons (Fsp3) is 0.444. The first-order valence-corrected chi connectivity index (χ1v) is 4.49. The van der Waals surface area contributed by atoms with Gasteiger partial charge in [-0.1, -0.05) is 11.6 Å². The summed E-state index contributed by atoms with van der Waals surface area (Å²) in [5.74, 6) is 0.572. The first-order valence-electron chi connectivity index (χ1n) is 4.11. The van der Waals surface area contributed by atoms with Crippen molar-refractivity contribution < 1.29 is 0 Å². The molecule has 0 aromatic carbocycles. The summed E-state index contributed by atoms with van der Waals surface area (Å²) in [5.41, 5.74) is 8.42. The highest BCUT2D eigenvalue weighted by atomic mass is 35.5. The minimum atomic E-state index is 0.572. The van der Waals surface area contributed by atoms with Crippen molar-refractivity contribution in [2.24, 2.45) is 0 Å². The summed E-state index contributed by atoms with van der Waals surface area (Å²) in [6.07, 6.45) is 2.41. The zero-order valence-electron chi connectivity index (χ0n) is 6.97. The van der Waals surface area contributed by atoms with Crippen LogP contribution in [-0.2, 0) is 0 Å². The van der Waals surface area contributed by atoms with Crippen molar-refractivity contribution in [3.63, 3.8) is 0 Å². The van der Waals surface area contributed by atoms with Gasteiger partial charge >= 0.3 is 0 Å². The molecule has 0 atom stereocenters. The Balaban J connectivity index is 2.51. The van der Waals surface area contributed by atoms with Crippen molar-refractivity contribution >= 4 is 17.3 Å². The van der Waals surface area contributed by atoms with Gasteiger partial charge in [0.15, 0.2) is 0 Å². The van der Waals surface area contributed by atoms with Crippen molar-refractivity contribution in [1.82, 2.24) is 4.98 Å². The molecule has 12 heavy (non-hydrogen) atoms. The second-order valence-electron chi connectivity index (χ2n) is 3.32. The van der Waals surface area contributed by atoms with E-state index in [2.05, 4.69) is 4.98 Å². The number of hydrogen-bond acceptors (Lipinski definition) is 2. The van der Waals surface area contributed by atoms with E-state index in [0.29, 0.717) is 16.6 Å². The molecule has 0 radical (unpaired) electrons. The van der Waals surface area contributed by atoms with E-state index in [9.17, 15) is 0 Å². The summed E-state index contributed by atoms with van der Waals surface area (Å²) < 4.78 is 0. The number of hydrogen-bond donors (Lipinski definition) is 1. The lowest BCUT2D eigenvalue weighted by molar-refractivity contribution is 1.00. The summed E-state index contributed by atoms with van der Waals surface area (Å²) in [7, 11) is 0. The van der Waals surface area contributed by atoms with Gasteiger partial charge in [-0.05, 0) is 25.8 Å². The third-order valence-corrected chi connectivity index (χ3v) is 2.44. The third-order valence-electron chi connectivity index (χ3n) is 2.13. The number of nitrogen functional groups attached to an aromatic ring is 1. The number of pyridine rings is 1. The highest BCUT2D eigenvalue weighted by Gasteiger charge is 2.28. The van der Waals surface area contributed by atoms with Crippen molar-refractivity contribution in [3.05, 3.63) is 22.5 Å². The monoisotopic (exact) mass is 182 g/mol. The molecular formula is C9H11ClN2. The van der Waals surface area contributed by atoms with Crippen LogP contribution in [0.1, 0.15) is 30.1 Å². The molecule has 2 rings (SSSR count). The second kappa shape index (κ2) is 2.63. The van der Waals surface area contributed by atoms with Crippen LogP contribution >= 0.6 is 11.6 Å². The Morgan fingerprint density at radius 1 is 1.58 bits per heavy atom. The van der Waals surface area contributed by atoms with E-state index in [-0.39, 0.29) is 0 Å². The quantitative estimate of drug-likeness (QED) is 0.725. The van der Waals surface area contributed by atoms with Gasteiger partial charge in [0, 0.05) is 11.6 Å². The van der Waals surface area contributed by atoms with Crippen LogP contribution in [0.25, 0.3) is 0 Å². The molecule has 0 spiro atoms. The molecule has 3 heteroatoms. The predicted molar refractivity (Wildman–Crippen MR) is 50.4 cm³/mol. The van der Waals surface area contributed by atoms with E-state index in [0.717, 1.165) is 11.4 Å². The fourth-order valence-corrected chi connectivity index (χ4v) is 1.59. The molecule has 0 aliphatic heterocycles. The van der Waals surface area contributed by atoms with Gasteiger partial charge in [0.1, 0.15) is 0 Å². The Labute approximate surface area is 76.7 Å².